The third-order valence-electron chi connectivity index (χ3n) is 2.43. The van der Waals surface area contributed by atoms with Crippen molar-refractivity contribution in [3.63, 3.8) is 0 Å². The Kier molecular flexibility index (Phi) is 3.75. The summed E-state index contributed by atoms with van der Waals surface area (Å²) in [5, 5.41) is 4.37. The molecule has 0 radical (unpaired) electrons. The molecule has 1 aromatic carbocycles. The molecule has 0 aliphatic carbocycles. The van der Waals surface area contributed by atoms with Crippen LogP contribution in [-0.2, 0) is 16.9 Å². The average molecular weight is 319 g/mol. The van der Waals surface area contributed by atoms with Crippen molar-refractivity contribution in [2.45, 2.75) is 6.54 Å². The van der Waals surface area contributed by atoms with Gasteiger partial charge in [-0.2, -0.15) is 8.42 Å². The number of hydrogen-bond donors (Lipinski definition) is 3. The Balaban J connectivity index is 2.29. The first-order valence-electron chi connectivity index (χ1n) is 5.29. The van der Waals surface area contributed by atoms with E-state index in [1.54, 1.807) is 24.3 Å². The SMILES string of the molecule is Nc1c(OS(=O)(=O)O)nn(Cc2ccc(Cl)cc2)c1N. The van der Waals surface area contributed by atoms with Crippen molar-refractivity contribution in [2.75, 3.05) is 11.5 Å². The Morgan fingerprint density at radius 3 is 2.45 bits per heavy atom. The number of rotatable bonds is 4. The van der Waals surface area contributed by atoms with Gasteiger partial charge in [0.15, 0.2) is 0 Å². The van der Waals surface area contributed by atoms with Gasteiger partial charge in [-0.3, -0.25) is 4.55 Å². The van der Waals surface area contributed by atoms with Crippen LogP contribution in [0.4, 0.5) is 11.5 Å². The molecule has 0 unspecified atom stereocenters. The number of nitrogen functional groups attached to an aromatic ring is 2. The van der Waals surface area contributed by atoms with Gasteiger partial charge in [0.25, 0.3) is 5.88 Å². The van der Waals surface area contributed by atoms with Crippen molar-refractivity contribution in [1.82, 2.24) is 9.78 Å². The molecule has 0 saturated carbocycles. The molecule has 5 N–H and O–H groups in total. The minimum atomic E-state index is -4.71. The molecule has 0 amide bonds. The molecule has 0 aliphatic rings. The molecule has 0 aliphatic heterocycles. The largest absolute Gasteiger partial charge is 0.448 e. The molecule has 108 valence electrons. The molecule has 0 spiro atoms. The number of aromatic nitrogens is 2. The summed E-state index contributed by atoms with van der Waals surface area (Å²) >= 11 is 5.77. The van der Waals surface area contributed by atoms with E-state index in [2.05, 4.69) is 9.28 Å². The molecule has 2 aromatic rings. The van der Waals surface area contributed by atoms with Gasteiger partial charge in [-0.1, -0.05) is 23.7 Å². The van der Waals surface area contributed by atoms with Gasteiger partial charge in [0.1, 0.15) is 11.5 Å². The standard InChI is InChI=1S/C10H11ClN4O4S/c11-7-3-1-6(2-4-7)5-15-9(13)8(12)10(14-15)19-20(16,17)18/h1-4H,5,12-13H2,(H,16,17,18). The lowest BCUT2D eigenvalue weighted by Gasteiger charge is -2.04. The van der Waals surface area contributed by atoms with Crippen molar-refractivity contribution >= 4 is 33.5 Å². The third-order valence-corrected chi connectivity index (χ3v) is 3.05. The summed E-state index contributed by atoms with van der Waals surface area (Å²) in [7, 11) is -4.71. The van der Waals surface area contributed by atoms with Crippen LogP contribution in [-0.4, -0.2) is 22.8 Å². The summed E-state index contributed by atoms with van der Waals surface area (Å²) < 4.78 is 35.4. The van der Waals surface area contributed by atoms with E-state index < -0.39 is 16.3 Å². The summed E-state index contributed by atoms with van der Waals surface area (Å²) in [6.07, 6.45) is 0. The monoisotopic (exact) mass is 318 g/mol. The molecule has 0 fully saturated rings. The van der Waals surface area contributed by atoms with E-state index in [1.807, 2.05) is 0 Å². The maximum absolute atomic E-state index is 10.6. The Morgan fingerprint density at radius 2 is 1.90 bits per heavy atom. The van der Waals surface area contributed by atoms with E-state index in [1.165, 1.54) is 4.68 Å². The van der Waals surface area contributed by atoms with E-state index in [0.29, 0.717) is 5.02 Å². The average Bonchev–Trinajstić information content (AvgIpc) is 2.59. The first-order chi connectivity index (χ1) is 9.26. The first kappa shape index (κ1) is 14.4. The van der Waals surface area contributed by atoms with Gasteiger partial charge in [-0.05, 0) is 17.7 Å². The second kappa shape index (κ2) is 5.19. The molecule has 0 bridgehead atoms. The lowest BCUT2D eigenvalue weighted by Crippen LogP contribution is -2.09. The van der Waals surface area contributed by atoms with Crippen molar-refractivity contribution in [1.29, 1.82) is 0 Å². The molecule has 10 heteroatoms. The fourth-order valence-corrected chi connectivity index (χ4v) is 1.96. The second-order valence-electron chi connectivity index (χ2n) is 3.90. The van der Waals surface area contributed by atoms with E-state index in [4.69, 9.17) is 27.6 Å². The van der Waals surface area contributed by atoms with Crippen LogP contribution in [0.5, 0.6) is 5.88 Å². The van der Waals surface area contributed by atoms with Gasteiger partial charge >= 0.3 is 10.4 Å². The fraction of sp³-hybridized carbons (Fsp3) is 0.100. The molecule has 2 rings (SSSR count). The number of nitrogens with two attached hydrogens (primary N) is 2. The van der Waals surface area contributed by atoms with Gasteiger partial charge in [0.05, 0.1) is 6.54 Å². The summed E-state index contributed by atoms with van der Waals surface area (Å²) in [6.45, 7) is 0.238. The molecular formula is C10H11ClN4O4S. The van der Waals surface area contributed by atoms with Gasteiger partial charge in [-0.25, -0.2) is 4.68 Å². The van der Waals surface area contributed by atoms with E-state index in [9.17, 15) is 8.42 Å². The molecule has 1 aromatic heterocycles. The van der Waals surface area contributed by atoms with Crippen molar-refractivity contribution in [3.05, 3.63) is 34.9 Å². The van der Waals surface area contributed by atoms with Crippen LogP contribution in [0.2, 0.25) is 5.02 Å². The number of hydrogen-bond acceptors (Lipinski definition) is 6. The van der Waals surface area contributed by atoms with Crippen LogP contribution >= 0.6 is 11.6 Å². The summed E-state index contributed by atoms with van der Waals surface area (Å²) in [4.78, 5) is 0. The number of nitrogens with zero attached hydrogens (tertiary/aromatic N) is 2. The lowest BCUT2D eigenvalue weighted by molar-refractivity contribution is 0.379. The molecule has 0 saturated heterocycles. The van der Waals surface area contributed by atoms with Crippen LogP contribution in [0, 0.1) is 0 Å². The number of anilines is 2. The highest BCUT2D eigenvalue weighted by Crippen LogP contribution is 2.28. The van der Waals surface area contributed by atoms with Crippen molar-refractivity contribution in [3.8, 4) is 5.88 Å². The minimum Gasteiger partial charge on any atom is -0.391 e. The molecule has 8 nitrogen and oxygen atoms in total. The predicted molar refractivity (Wildman–Crippen MR) is 73.8 cm³/mol. The highest BCUT2D eigenvalue weighted by molar-refractivity contribution is 7.81. The second-order valence-corrected chi connectivity index (χ2v) is 5.36. The predicted octanol–water partition coefficient (Wildman–Crippen LogP) is 0.931. The summed E-state index contributed by atoms with van der Waals surface area (Å²) in [6, 6.07) is 6.89. The van der Waals surface area contributed by atoms with Crippen LogP contribution in [0.15, 0.2) is 24.3 Å². The van der Waals surface area contributed by atoms with Crippen LogP contribution in [0.1, 0.15) is 5.56 Å². The summed E-state index contributed by atoms with van der Waals surface area (Å²) in [5.41, 5.74) is 11.9. The zero-order chi connectivity index (χ0) is 14.9. The lowest BCUT2D eigenvalue weighted by atomic mass is 10.2. The van der Waals surface area contributed by atoms with Gasteiger partial charge in [-0.15, -0.1) is 5.10 Å². The number of benzene rings is 1. The van der Waals surface area contributed by atoms with Crippen LogP contribution in [0.25, 0.3) is 0 Å². The fourth-order valence-electron chi connectivity index (χ4n) is 1.51. The minimum absolute atomic E-state index is 0.0265. The molecular weight excluding hydrogens is 308 g/mol. The Labute approximate surface area is 119 Å². The zero-order valence-corrected chi connectivity index (χ0v) is 11.6. The Bertz CT molecular complexity index is 726. The van der Waals surface area contributed by atoms with Gasteiger partial charge < -0.3 is 15.7 Å². The summed E-state index contributed by atoms with van der Waals surface area (Å²) in [5.74, 6) is -0.447. The van der Waals surface area contributed by atoms with Crippen LogP contribution in [0.3, 0.4) is 0 Å². The Morgan fingerprint density at radius 1 is 1.30 bits per heavy atom. The van der Waals surface area contributed by atoms with E-state index >= 15 is 0 Å². The number of halogens is 1. The molecule has 0 atom stereocenters. The van der Waals surface area contributed by atoms with E-state index in [0.717, 1.165) is 5.56 Å². The normalized spacial score (nSPS) is 11.5. The highest BCUT2D eigenvalue weighted by Gasteiger charge is 2.19. The molecule has 1 heterocycles. The Hall–Kier alpha value is -1.97. The highest BCUT2D eigenvalue weighted by atomic mass is 35.5. The van der Waals surface area contributed by atoms with Crippen molar-refractivity contribution < 1.29 is 17.2 Å². The van der Waals surface area contributed by atoms with Gasteiger partial charge in [0.2, 0.25) is 0 Å². The van der Waals surface area contributed by atoms with Crippen molar-refractivity contribution in [2.24, 2.45) is 0 Å². The maximum Gasteiger partial charge on any atom is 0.448 e. The van der Waals surface area contributed by atoms with E-state index in [-0.39, 0.29) is 18.1 Å². The van der Waals surface area contributed by atoms with Crippen LogP contribution < -0.4 is 15.7 Å². The zero-order valence-electron chi connectivity index (χ0n) is 10.0. The topological polar surface area (TPSA) is 133 Å². The smallest absolute Gasteiger partial charge is 0.391 e. The molecule has 20 heavy (non-hydrogen) atoms. The quantitative estimate of drug-likeness (QED) is 0.714. The third kappa shape index (κ3) is 3.32. The van der Waals surface area contributed by atoms with Gasteiger partial charge in [0, 0.05) is 5.02 Å². The maximum atomic E-state index is 10.6. The first-order valence-corrected chi connectivity index (χ1v) is 7.03.